The lowest BCUT2D eigenvalue weighted by Crippen LogP contribution is -2.88. The Hall–Kier alpha value is -3.49. The van der Waals surface area contributed by atoms with Crippen LogP contribution in [0, 0.1) is 11.3 Å². The summed E-state index contributed by atoms with van der Waals surface area (Å²) in [7, 11) is 0. The summed E-state index contributed by atoms with van der Waals surface area (Å²) in [6, 6.07) is 18.1. The normalized spacial score (nSPS) is 37.9. The van der Waals surface area contributed by atoms with E-state index in [1.807, 2.05) is 64.1 Å². The van der Waals surface area contributed by atoms with Gasteiger partial charge in [0.2, 0.25) is 0 Å². The molecule has 0 radical (unpaired) electrons. The predicted molar refractivity (Wildman–Crippen MR) is 149 cm³/mol. The fourth-order valence-corrected chi connectivity index (χ4v) is 8.07. The van der Waals surface area contributed by atoms with Crippen molar-refractivity contribution in [2.75, 3.05) is 0 Å². The van der Waals surface area contributed by atoms with Gasteiger partial charge in [-0.25, -0.2) is 9.59 Å². The van der Waals surface area contributed by atoms with E-state index in [0.717, 1.165) is 5.56 Å². The predicted octanol–water partition coefficient (Wildman–Crippen LogP) is 4.90. The lowest BCUT2D eigenvalue weighted by atomic mass is 9.44. The Morgan fingerprint density at radius 3 is 2.22 bits per heavy atom. The number of esters is 3. The summed E-state index contributed by atoms with van der Waals surface area (Å²) in [4.78, 5) is 39.3. The molecule has 2 aromatic rings. The standard InChI is InChI=1S/C33H36O8/c1-20(34)37-23-18-19-31(4)33-27(40-31)25(30(2,3)41-33)26(38-24(35)17-16-21-12-8-6-9-13-21)28(32(23,33)5)39-29(36)22-14-10-7-11-15-22/h6-17,23,25-28H,18-19H2,1-5H3/b17-16+/t23-,25+,26-,27+,28-,31-,32-,33-/m0/s1. The molecule has 8 atom stereocenters. The van der Waals surface area contributed by atoms with E-state index in [4.69, 9.17) is 23.7 Å². The first-order chi connectivity index (χ1) is 19.4. The summed E-state index contributed by atoms with van der Waals surface area (Å²) in [6.45, 7) is 9.20. The topological polar surface area (TPSA) is 97.4 Å². The van der Waals surface area contributed by atoms with Crippen molar-refractivity contribution in [3.63, 3.8) is 0 Å². The van der Waals surface area contributed by atoms with Gasteiger partial charge in [0.25, 0.3) is 0 Å². The van der Waals surface area contributed by atoms with Crippen LogP contribution in [-0.2, 0) is 33.3 Å². The van der Waals surface area contributed by atoms with Crippen LogP contribution in [0.5, 0.6) is 0 Å². The van der Waals surface area contributed by atoms with Crippen molar-refractivity contribution in [2.24, 2.45) is 11.3 Å². The zero-order valence-electron chi connectivity index (χ0n) is 24.0. The van der Waals surface area contributed by atoms with Gasteiger partial charge in [0.1, 0.15) is 23.9 Å². The van der Waals surface area contributed by atoms with Gasteiger partial charge in [0.05, 0.1) is 28.1 Å². The summed E-state index contributed by atoms with van der Waals surface area (Å²) in [5.41, 5.74) is -2.31. The number of rotatable bonds is 6. The lowest BCUT2D eigenvalue weighted by Gasteiger charge is -2.73. The summed E-state index contributed by atoms with van der Waals surface area (Å²) in [5, 5.41) is 0. The molecule has 2 aromatic carbocycles. The Labute approximate surface area is 239 Å². The minimum Gasteiger partial charge on any atom is -0.462 e. The first-order valence-corrected chi connectivity index (χ1v) is 14.2. The molecule has 0 N–H and O–H groups in total. The first-order valence-electron chi connectivity index (χ1n) is 14.2. The highest BCUT2D eigenvalue weighted by atomic mass is 16.7. The molecule has 2 aliphatic heterocycles. The molecule has 0 aromatic heterocycles. The van der Waals surface area contributed by atoms with Gasteiger partial charge in [-0.05, 0) is 64.3 Å². The highest BCUT2D eigenvalue weighted by Crippen LogP contribution is 2.75. The average Bonchev–Trinajstić information content (AvgIpc) is 3.10. The molecule has 2 bridgehead atoms. The molecular weight excluding hydrogens is 524 g/mol. The Bertz CT molecular complexity index is 1390. The summed E-state index contributed by atoms with van der Waals surface area (Å²) >= 11 is 0. The van der Waals surface area contributed by atoms with E-state index in [1.165, 1.54) is 13.0 Å². The van der Waals surface area contributed by atoms with Crippen LogP contribution in [0.3, 0.4) is 0 Å². The second kappa shape index (κ2) is 9.53. The smallest absolute Gasteiger partial charge is 0.338 e. The molecule has 2 saturated heterocycles. The van der Waals surface area contributed by atoms with Crippen LogP contribution >= 0.6 is 0 Å². The first kappa shape index (κ1) is 27.7. The van der Waals surface area contributed by atoms with Crippen molar-refractivity contribution < 1.29 is 38.1 Å². The molecule has 2 heterocycles. The lowest BCUT2D eigenvalue weighted by molar-refractivity contribution is -0.429. The van der Waals surface area contributed by atoms with Crippen molar-refractivity contribution in [1.82, 2.24) is 0 Å². The zero-order chi connectivity index (χ0) is 29.2. The van der Waals surface area contributed by atoms with Gasteiger partial charge in [-0.3, -0.25) is 4.79 Å². The van der Waals surface area contributed by atoms with Crippen LogP contribution < -0.4 is 0 Å². The molecule has 8 nitrogen and oxygen atoms in total. The van der Waals surface area contributed by atoms with Gasteiger partial charge < -0.3 is 23.7 Å². The van der Waals surface area contributed by atoms with E-state index < -0.39 is 70.5 Å². The molecular formula is C33H36O8. The number of benzene rings is 2. The number of ether oxygens (including phenoxy) is 5. The summed E-state index contributed by atoms with van der Waals surface area (Å²) in [5.74, 6) is -2.03. The molecule has 216 valence electrons. The second-order valence-electron chi connectivity index (χ2n) is 12.5. The van der Waals surface area contributed by atoms with Gasteiger partial charge in [-0.15, -0.1) is 0 Å². The van der Waals surface area contributed by atoms with Gasteiger partial charge in [-0.2, -0.15) is 0 Å². The molecule has 2 saturated carbocycles. The maximum Gasteiger partial charge on any atom is 0.338 e. The fraction of sp³-hybridized carbons (Fsp3) is 0.485. The van der Waals surface area contributed by atoms with Crippen LogP contribution in [-0.4, -0.2) is 59.1 Å². The Morgan fingerprint density at radius 1 is 0.902 bits per heavy atom. The zero-order valence-corrected chi connectivity index (χ0v) is 24.0. The molecule has 0 unspecified atom stereocenters. The number of carbonyl (C=O) groups excluding carboxylic acids is 3. The number of carbonyl (C=O) groups is 3. The Balaban J connectivity index is 1.45. The third-order valence-corrected chi connectivity index (χ3v) is 9.74. The molecule has 2 aliphatic carbocycles. The average molecular weight is 561 g/mol. The molecule has 8 heteroatoms. The number of hydrogen-bond donors (Lipinski definition) is 0. The van der Waals surface area contributed by atoms with Gasteiger partial charge in [0, 0.05) is 13.0 Å². The minimum absolute atomic E-state index is 0.366. The minimum atomic E-state index is -1.09. The van der Waals surface area contributed by atoms with Crippen LogP contribution in [0.25, 0.3) is 6.08 Å². The van der Waals surface area contributed by atoms with E-state index in [2.05, 4.69) is 0 Å². The second-order valence-corrected chi connectivity index (χ2v) is 12.5. The molecule has 4 fully saturated rings. The molecule has 6 rings (SSSR count). The van der Waals surface area contributed by atoms with Crippen LogP contribution in [0.1, 0.15) is 63.4 Å². The molecule has 41 heavy (non-hydrogen) atoms. The maximum atomic E-state index is 13.6. The monoisotopic (exact) mass is 560 g/mol. The van der Waals surface area contributed by atoms with Crippen LogP contribution in [0.2, 0.25) is 0 Å². The maximum absolute atomic E-state index is 13.6. The van der Waals surface area contributed by atoms with Crippen molar-refractivity contribution in [1.29, 1.82) is 0 Å². The highest BCUT2D eigenvalue weighted by molar-refractivity contribution is 5.90. The third-order valence-electron chi connectivity index (χ3n) is 9.74. The number of hydrogen-bond acceptors (Lipinski definition) is 8. The highest BCUT2D eigenvalue weighted by Gasteiger charge is 2.90. The van der Waals surface area contributed by atoms with E-state index in [1.54, 1.807) is 30.3 Å². The quantitative estimate of drug-likeness (QED) is 0.280. The molecule has 0 amide bonds. The van der Waals surface area contributed by atoms with Crippen molar-refractivity contribution >= 4 is 24.0 Å². The largest absolute Gasteiger partial charge is 0.462 e. The fourth-order valence-electron chi connectivity index (χ4n) is 8.07. The summed E-state index contributed by atoms with van der Waals surface area (Å²) < 4.78 is 32.1. The van der Waals surface area contributed by atoms with Gasteiger partial charge >= 0.3 is 17.9 Å². The van der Waals surface area contributed by atoms with E-state index in [0.29, 0.717) is 18.4 Å². The van der Waals surface area contributed by atoms with E-state index >= 15 is 0 Å². The van der Waals surface area contributed by atoms with Gasteiger partial charge in [-0.1, -0.05) is 48.5 Å². The SMILES string of the molecule is CC(=O)O[C@H]1CC[C@]2(C)O[C@@H]3[C@H]4[C@H](OC(=O)/C=C/c5ccccc5)[C@H](OC(=O)c5ccccc5)[C@@]1(C)[C@]32OC4(C)C. The Morgan fingerprint density at radius 2 is 1.56 bits per heavy atom. The van der Waals surface area contributed by atoms with Crippen LogP contribution in [0.4, 0.5) is 0 Å². The van der Waals surface area contributed by atoms with Crippen molar-refractivity contribution in [3.8, 4) is 0 Å². The summed E-state index contributed by atoms with van der Waals surface area (Å²) in [6.07, 6.45) is 1.09. The van der Waals surface area contributed by atoms with Crippen LogP contribution in [0.15, 0.2) is 66.7 Å². The molecule has 4 aliphatic rings. The third kappa shape index (κ3) is 3.98. The van der Waals surface area contributed by atoms with Gasteiger partial charge in [0.15, 0.2) is 6.10 Å². The van der Waals surface area contributed by atoms with Crippen molar-refractivity contribution in [3.05, 3.63) is 77.9 Å². The van der Waals surface area contributed by atoms with Crippen molar-refractivity contribution in [2.45, 2.75) is 88.7 Å². The molecule has 1 spiro atoms. The Kier molecular flexibility index (Phi) is 6.43. The van der Waals surface area contributed by atoms with E-state index in [9.17, 15) is 14.4 Å². The van der Waals surface area contributed by atoms with E-state index in [-0.39, 0.29) is 0 Å².